The highest BCUT2D eigenvalue weighted by Gasteiger charge is 2.21. The number of fused-ring (bicyclic) bond motifs is 1. The van der Waals surface area contributed by atoms with Crippen LogP contribution in [0.1, 0.15) is 51.9 Å². The molecule has 1 atom stereocenters. The van der Waals surface area contributed by atoms with E-state index in [2.05, 4.69) is 17.2 Å². The van der Waals surface area contributed by atoms with Crippen LogP contribution in [0.25, 0.3) is 10.9 Å². The summed E-state index contributed by atoms with van der Waals surface area (Å²) in [6.45, 7) is 3.96. The van der Waals surface area contributed by atoms with Gasteiger partial charge in [-0.15, -0.1) is 0 Å². The van der Waals surface area contributed by atoms with Gasteiger partial charge in [0.1, 0.15) is 0 Å². The molecular weight excluding hydrogens is 324 g/mol. The number of hydrogen-bond acceptors (Lipinski definition) is 3. The minimum atomic E-state index is 0.108. The van der Waals surface area contributed by atoms with Crippen molar-refractivity contribution in [1.82, 2.24) is 4.98 Å². The third kappa shape index (κ3) is 5.28. The molecule has 140 valence electrons. The van der Waals surface area contributed by atoms with Crippen molar-refractivity contribution in [2.75, 3.05) is 18.5 Å². The summed E-state index contributed by atoms with van der Waals surface area (Å²) >= 11 is 0. The van der Waals surface area contributed by atoms with Gasteiger partial charge in [0.05, 0.1) is 11.2 Å². The molecule has 0 aliphatic carbocycles. The maximum atomic E-state index is 12.7. The zero-order chi connectivity index (χ0) is 18.2. The van der Waals surface area contributed by atoms with E-state index in [1.165, 1.54) is 12.8 Å². The summed E-state index contributed by atoms with van der Waals surface area (Å²) < 4.78 is 5.48. The van der Waals surface area contributed by atoms with Gasteiger partial charge in [0, 0.05) is 31.2 Å². The van der Waals surface area contributed by atoms with Crippen LogP contribution in [0.5, 0.6) is 0 Å². The fourth-order valence-corrected chi connectivity index (χ4v) is 3.92. The SMILES string of the molecule is CCCCC(CC(=O)Nc1cccc2cccnc12)CC1CCOCC1. The first kappa shape index (κ1) is 18.8. The Bertz CT molecular complexity index is 705. The Hall–Kier alpha value is -1.94. The Balaban J connectivity index is 1.62. The number of nitrogens with zero attached hydrogens (tertiary/aromatic N) is 1. The zero-order valence-corrected chi connectivity index (χ0v) is 15.7. The fourth-order valence-electron chi connectivity index (χ4n) is 3.92. The summed E-state index contributed by atoms with van der Waals surface area (Å²) in [5.41, 5.74) is 1.67. The second kappa shape index (κ2) is 9.67. The third-order valence-electron chi connectivity index (χ3n) is 5.35. The lowest BCUT2D eigenvalue weighted by atomic mass is 9.84. The number of ether oxygens (including phenoxy) is 1. The van der Waals surface area contributed by atoms with E-state index >= 15 is 0 Å². The lowest BCUT2D eigenvalue weighted by Gasteiger charge is -2.26. The largest absolute Gasteiger partial charge is 0.381 e. The monoisotopic (exact) mass is 354 g/mol. The Labute approximate surface area is 156 Å². The van der Waals surface area contributed by atoms with Crippen LogP contribution in [0.15, 0.2) is 36.5 Å². The average molecular weight is 354 g/mol. The van der Waals surface area contributed by atoms with Crippen LogP contribution in [0.2, 0.25) is 0 Å². The average Bonchev–Trinajstić information content (AvgIpc) is 2.67. The molecule has 26 heavy (non-hydrogen) atoms. The highest BCUT2D eigenvalue weighted by Crippen LogP contribution is 2.29. The number of benzene rings is 1. The maximum absolute atomic E-state index is 12.7. The topological polar surface area (TPSA) is 51.2 Å². The van der Waals surface area contributed by atoms with Gasteiger partial charge in [0.2, 0.25) is 5.91 Å². The molecule has 1 amide bonds. The molecule has 2 heterocycles. The Morgan fingerprint density at radius 1 is 1.27 bits per heavy atom. The van der Waals surface area contributed by atoms with Crippen molar-refractivity contribution >= 4 is 22.5 Å². The van der Waals surface area contributed by atoms with Crippen molar-refractivity contribution in [2.45, 2.75) is 51.9 Å². The summed E-state index contributed by atoms with van der Waals surface area (Å²) in [6.07, 6.45) is 9.29. The number of anilines is 1. The highest BCUT2D eigenvalue weighted by atomic mass is 16.5. The number of aromatic nitrogens is 1. The number of rotatable bonds is 8. The van der Waals surface area contributed by atoms with E-state index in [9.17, 15) is 4.79 Å². The van der Waals surface area contributed by atoms with Gasteiger partial charge in [-0.05, 0) is 49.7 Å². The van der Waals surface area contributed by atoms with E-state index in [4.69, 9.17) is 4.74 Å². The van der Waals surface area contributed by atoms with Crippen LogP contribution in [0.3, 0.4) is 0 Å². The molecule has 1 N–H and O–H groups in total. The van der Waals surface area contributed by atoms with Gasteiger partial charge in [-0.1, -0.05) is 38.0 Å². The van der Waals surface area contributed by atoms with Gasteiger partial charge in [-0.25, -0.2) is 0 Å². The first-order valence-electron chi connectivity index (χ1n) is 9.97. The van der Waals surface area contributed by atoms with Crippen molar-refractivity contribution in [3.63, 3.8) is 0 Å². The van der Waals surface area contributed by atoms with E-state index in [0.29, 0.717) is 18.3 Å². The van der Waals surface area contributed by atoms with Gasteiger partial charge in [-0.3, -0.25) is 9.78 Å². The molecule has 4 nitrogen and oxygen atoms in total. The van der Waals surface area contributed by atoms with Crippen LogP contribution in [0.4, 0.5) is 5.69 Å². The van der Waals surface area contributed by atoms with Crippen molar-refractivity contribution in [2.24, 2.45) is 11.8 Å². The normalized spacial score (nSPS) is 16.5. The van der Waals surface area contributed by atoms with Gasteiger partial charge in [0.15, 0.2) is 0 Å². The standard InChI is InChI=1S/C22H30N2O2/c1-2-3-6-18(15-17-10-13-26-14-11-17)16-21(25)24-20-9-4-7-19-8-5-12-23-22(19)20/h4-5,7-9,12,17-18H,2-3,6,10-11,13-16H2,1H3,(H,24,25). The molecule has 3 rings (SSSR count). The highest BCUT2D eigenvalue weighted by molar-refractivity contribution is 6.00. The summed E-state index contributed by atoms with van der Waals surface area (Å²) in [5, 5.41) is 4.15. The summed E-state index contributed by atoms with van der Waals surface area (Å²) in [7, 11) is 0. The van der Waals surface area contributed by atoms with Gasteiger partial charge in [-0.2, -0.15) is 0 Å². The van der Waals surface area contributed by atoms with E-state index in [0.717, 1.165) is 55.5 Å². The lowest BCUT2D eigenvalue weighted by molar-refractivity contribution is -0.117. The first-order chi connectivity index (χ1) is 12.8. The molecule has 1 aromatic carbocycles. The number of hydrogen-bond donors (Lipinski definition) is 1. The van der Waals surface area contributed by atoms with Gasteiger partial charge < -0.3 is 10.1 Å². The molecule has 1 aromatic heterocycles. The number of unbranched alkanes of at least 4 members (excludes halogenated alkanes) is 1. The molecule has 1 saturated heterocycles. The van der Waals surface area contributed by atoms with Crippen LogP contribution in [-0.4, -0.2) is 24.1 Å². The molecule has 0 radical (unpaired) electrons. The number of pyridine rings is 1. The summed E-state index contributed by atoms with van der Waals surface area (Å²) in [4.78, 5) is 17.1. The number of para-hydroxylation sites is 1. The van der Waals surface area contributed by atoms with Gasteiger partial charge in [0.25, 0.3) is 0 Å². The van der Waals surface area contributed by atoms with Crippen molar-refractivity contribution < 1.29 is 9.53 Å². The van der Waals surface area contributed by atoms with Crippen LogP contribution in [0, 0.1) is 11.8 Å². The molecule has 4 heteroatoms. The minimum absolute atomic E-state index is 0.108. The number of amides is 1. The second-order valence-electron chi connectivity index (χ2n) is 7.43. The number of carbonyl (C=O) groups is 1. The van der Waals surface area contributed by atoms with Crippen molar-refractivity contribution in [3.8, 4) is 0 Å². The predicted molar refractivity (Wildman–Crippen MR) is 106 cm³/mol. The maximum Gasteiger partial charge on any atom is 0.224 e. The number of nitrogens with one attached hydrogen (secondary N) is 1. The van der Waals surface area contributed by atoms with Crippen LogP contribution in [-0.2, 0) is 9.53 Å². The van der Waals surface area contributed by atoms with Crippen molar-refractivity contribution in [3.05, 3.63) is 36.5 Å². The number of carbonyl (C=O) groups excluding carboxylic acids is 1. The lowest BCUT2D eigenvalue weighted by Crippen LogP contribution is -2.22. The Morgan fingerprint density at radius 2 is 2.08 bits per heavy atom. The molecule has 0 saturated carbocycles. The van der Waals surface area contributed by atoms with E-state index in [1.807, 2.05) is 30.3 Å². The van der Waals surface area contributed by atoms with E-state index in [1.54, 1.807) is 6.20 Å². The molecule has 0 bridgehead atoms. The molecule has 1 unspecified atom stereocenters. The van der Waals surface area contributed by atoms with Gasteiger partial charge >= 0.3 is 0 Å². The first-order valence-corrected chi connectivity index (χ1v) is 9.97. The summed E-state index contributed by atoms with van der Waals surface area (Å²) in [5.74, 6) is 1.27. The third-order valence-corrected chi connectivity index (χ3v) is 5.35. The molecule has 0 spiro atoms. The van der Waals surface area contributed by atoms with Crippen LogP contribution >= 0.6 is 0 Å². The molecular formula is C22H30N2O2. The molecule has 2 aromatic rings. The van der Waals surface area contributed by atoms with E-state index in [-0.39, 0.29) is 5.91 Å². The predicted octanol–water partition coefficient (Wildman–Crippen LogP) is 5.19. The van der Waals surface area contributed by atoms with E-state index < -0.39 is 0 Å². The fraction of sp³-hybridized carbons (Fsp3) is 0.545. The summed E-state index contributed by atoms with van der Waals surface area (Å²) in [6, 6.07) is 9.87. The minimum Gasteiger partial charge on any atom is -0.381 e. The molecule has 1 fully saturated rings. The van der Waals surface area contributed by atoms with Crippen molar-refractivity contribution in [1.29, 1.82) is 0 Å². The Morgan fingerprint density at radius 3 is 2.88 bits per heavy atom. The smallest absolute Gasteiger partial charge is 0.224 e. The molecule has 1 aliphatic heterocycles. The molecule has 1 aliphatic rings. The Kier molecular flexibility index (Phi) is 7.01. The second-order valence-corrected chi connectivity index (χ2v) is 7.43. The zero-order valence-electron chi connectivity index (χ0n) is 15.7. The van der Waals surface area contributed by atoms with Crippen LogP contribution < -0.4 is 5.32 Å². The quantitative estimate of drug-likeness (QED) is 0.710.